The van der Waals surface area contributed by atoms with Crippen LogP contribution < -0.4 is 4.90 Å². The highest BCUT2D eigenvalue weighted by Gasteiger charge is 2.18. The number of anilines is 1. The highest BCUT2D eigenvalue weighted by molar-refractivity contribution is 5.72. The molecule has 0 amide bonds. The van der Waals surface area contributed by atoms with Crippen molar-refractivity contribution in [2.45, 2.75) is 6.42 Å². The van der Waals surface area contributed by atoms with Gasteiger partial charge in [-0.3, -0.25) is 4.40 Å². The first-order chi connectivity index (χ1) is 15.6. The van der Waals surface area contributed by atoms with E-state index in [-0.39, 0.29) is 5.88 Å². The number of aromatic nitrogens is 3. The lowest BCUT2D eigenvalue weighted by atomic mass is 10.1. The minimum atomic E-state index is 0.120. The molecule has 5 heteroatoms. The molecule has 5 rings (SSSR count). The topological polar surface area (TPSA) is 53.7 Å². The fraction of sp³-hybridized carbons (Fsp3) is 0.111. The van der Waals surface area contributed by atoms with E-state index in [9.17, 15) is 5.11 Å². The largest absolute Gasteiger partial charge is 0.493 e. The van der Waals surface area contributed by atoms with Crippen molar-refractivity contribution >= 4 is 11.3 Å². The minimum Gasteiger partial charge on any atom is -0.493 e. The van der Waals surface area contributed by atoms with Crippen LogP contribution in [0.1, 0.15) is 11.3 Å². The Bertz CT molecular complexity index is 1360. The van der Waals surface area contributed by atoms with Gasteiger partial charge in [-0.1, -0.05) is 72.8 Å². The minimum absolute atomic E-state index is 0.120. The van der Waals surface area contributed by atoms with Crippen molar-refractivity contribution in [3.05, 3.63) is 102 Å². The van der Waals surface area contributed by atoms with Gasteiger partial charge in [0.05, 0.1) is 11.4 Å². The van der Waals surface area contributed by atoms with Crippen LogP contribution in [-0.4, -0.2) is 33.6 Å². The average Bonchev–Trinajstić information content (AvgIpc) is 3.17. The number of hydrogen-bond acceptors (Lipinski definition) is 4. The van der Waals surface area contributed by atoms with Crippen molar-refractivity contribution in [1.82, 2.24) is 14.4 Å². The summed E-state index contributed by atoms with van der Waals surface area (Å²) >= 11 is 0. The van der Waals surface area contributed by atoms with Crippen molar-refractivity contribution in [3.63, 3.8) is 0 Å². The molecule has 0 saturated heterocycles. The maximum atomic E-state index is 11.1. The van der Waals surface area contributed by atoms with E-state index in [1.165, 1.54) is 0 Å². The van der Waals surface area contributed by atoms with Gasteiger partial charge >= 0.3 is 0 Å². The summed E-state index contributed by atoms with van der Waals surface area (Å²) in [6.45, 7) is 0. The van der Waals surface area contributed by atoms with E-state index in [0.29, 0.717) is 17.8 Å². The summed E-state index contributed by atoms with van der Waals surface area (Å²) in [5.41, 5.74) is 6.96. The molecule has 3 aromatic carbocycles. The lowest BCUT2D eigenvalue weighted by molar-refractivity contribution is 0.450. The lowest BCUT2D eigenvalue weighted by Gasteiger charge is -2.13. The Kier molecular flexibility index (Phi) is 5.07. The zero-order chi connectivity index (χ0) is 22.1. The molecular formula is C27H24N4O. The summed E-state index contributed by atoms with van der Waals surface area (Å²) in [6, 6.07) is 28.2. The van der Waals surface area contributed by atoms with Crippen LogP contribution in [0.3, 0.4) is 0 Å². The Morgan fingerprint density at radius 3 is 2.09 bits per heavy atom. The molecule has 158 valence electrons. The van der Waals surface area contributed by atoms with E-state index in [1.807, 2.05) is 68.8 Å². The van der Waals surface area contributed by atoms with E-state index < -0.39 is 0 Å². The predicted octanol–water partition coefficient (Wildman–Crippen LogP) is 5.43. The normalized spacial score (nSPS) is 11.1. The predicted molar refractivity (Wildman–Crippen MR) is 129 cm³/mol. The summed E-state index contributed by atoms with van der Waals surface area (Å²) in [5, 5.41) is 11.1. The quantitative estimate of drug-likeness (QED) is 0.412. The molecule has 0 bridgehead atoms. The molecule has 0 fully saturated rings. The molecule has 2 heterocycles. The van der Waals surface area contributed by atoms with Gasteiger partial charge in [0.15, 0.2) is 5.65 Å². The summed E-state index contributed by atoms with van der Waals surface area (Å²) in [7, 11) is 4.04. The Morgan fingerprint density at radius 1 is 0.781 bits per heavy atom. The fourth-order valence-corrected chi connectivity index (χ4v) is 3.86. The van der Waals surface area contributed by atoms with Crippen molar-refractivity contribution in [2.24, 2.45) is 0 Å². The first-order valence-corrected chi connectivity index (χ1v) is 10.6. The second kappa shape index (κ2) is 8.19. The molecule has 0 spiro atoms. The number of benzene rings is 3. The second-order valence-electron chi connectivity index (χ2n) is 8.02. The van der Waals surface area contributed by atoms with Crippen LogP contribution in [0.15, 0.2) is 91.1 Å². The van der Waals surface area contributed by atoms with Crippen LogP contribution in [0.25, 0.3) is 28.2 Å². The summed E-state index contributed by atoms with van der Waals surface area (Å²) < 4.78 is 1.75. The van der Waals surface area contributed by atoms with Crippen molar-refractivity contribution in [3.8, 4) is 28.4 Å². The van der Waals surface area contributed by atoms with Crippen LogP contribution in [0.4, 0.5) is 5.69 Å². The third-order valence-corrected chi connectivity index (χ3v) is 5.59. The fourth-order valence-electron chi connectivity index (χ4n) is 3.86. The van der Waals surface area contributed by atoms with E-state index in [0.717, 1.165) is 33.8 Å². The van der Waals surface area contributed by atoms with Crippen LogP contribution in [-0.2, 0) is 6.42 Å². The highest BCUT2D eigenvalue weighted by atomic mass is 16.3. The van der Waals surface area contributed by atoms with Crippen LogP contribution >= 0.6 is 0 Å². The summed E-state index contributed by atoms with van der Waals surface area (Å²) in [5.74, 6) is 0.120. The van der Waals surface area contributed by atoms with Crippen LogP contribution in [0, 0.1) is 0 Å². The molecule has 0 aliphatic rings. The third-order valence-electron chi connectivity index (χ3n) is 5.59. The van der Waals surface area contributed by atoms with E-state index in [2.05, 4.69) is 41.3 Å². The molecule has 0 saturated carbocycles. The Balaban J connectivity index is 1.69. The first kappa shape index (κ1) is 19.8. The summed E-state index contributed by atoms with van der Waals surface area (Å²) in [4.78, 5) is 11.8. The molecule has 5 nitrogen and oxygen atoms in total. The highest BCUT2D eigenvalue weighted by Crippen LogP contribution is 2.33. The zero-order valence-corrected chi connectivity index (χ0v) is 18.1. The van der Waals surface area contributed by atoms with Gasteiger partial charge in [-0.2, -0.15) is 0 Å². The van der Waals surface area contributed by atoms with Crippen molar-refractivity contribution in [1.29, 1.82) is 0 Å². The van der Waals surface area contributed by atoms with Gasteiger partial charge in [-0.15, -0.1) is 0 Å². The van der Waals surface area contributed by atoms with Gasteiger partial charge in [0.2, 0.25) is 5.88 Å². The second-order valence-corrected chi connectivity index (χ2v) is 8.02. The third kappa shape index (κ3) is 3.69. The molecule has 5 aromatic rings. The van der Waals surface area contributed by atoms with Gasteiger partial charge < -0.3 is 10.0 Å². The van der Waals surface area contributed by atoms with E-state index in [4.69, 9.17) is 9.97 Å². The smallest absolute Gasteiger partial charge is 0.224 e. The van der Waals surface area contributed by atoms with Gasteiger partial charge in [-0.25, -0.2) is 9.97 Å². The molecular weight excluding hydrogens is 396 g/mol. The number of fused-ring (bicyclic) bond motifs is 1. The Labute approximate surface area is 187 Å². The van der Waals surface area contributed by atoms with E-state index in [1.54, 1.807) is 4.40 Å². The number of hydrogen-bond donors (Lipinski definition) is 1. The molecule has 0 radical (unpaired) electrons. The zero-order valence-electron chi connectivity index (χ0n) is 18.1. The van der Waals surface area contributed by atoms with Crippen molar-refractivity contribution in [2.75, 3.05) is 19.0 Å². The van der Waals surface area contributed by atoms with Gasteiger partial charge in [-0.05, 0) is 17.7 Å². The van der Waals surface area contributed by atoms with Gasteiger partial charge in [0.25, 0.3) is 0 Å². The molecule has 0 unspecified atom stereocenters. The Hall–Kier alpha value is -4.12. The maximum absolute atomic E-state index is 11.1. The maximum Gasteiger partial charge on any atom is 0.224 e. The molecule has 0 aliphatic heterocycles. The molecule has 1 N–H and O–H groups in total. The summed E-state index contributed by atoms with van der Waals surface area (Å²) in [6.07, 6.45) is 2.49. The molecule has 0 aliphatic carbocycles. The average molecular weight is 421 g/mol. The van der Waals surface area contributed by atoms with Crippen LogP contribution in [0.2, 0.25) is 0 Å². The Morgan fingerprint density at radius 2 is 1.44 bits per heavy atom. The molecule has 32 heavy (non-hydrogen) atoms. The number of imidazole rings is 1. The standard InChI is InChI=1S/C27H24N4O/c1-30(2)22-15-13-20(14-16-22)24-18-31-26(23(28-24)17-19-9-5-3-6-10-19)29-25(27(31)32)21-11-7-4-8-12-21/h3-16,18,32H,17H2,1-2H3. The number of nitrogens with zero attached hydrogens (tertiary/aromatic N) is 4. The number of rotatable bonds is 5. The molecule has 2 aromatic heterocycles. The first-order valence-electron chi connectivity index (χ1n) is 10.6. The lowest BCUT2D eigenvalue weighted by Crippen LogP contribution is -2.08. The van der Waals surface area contributed by atoms with Crippen molar-refractivity contribution < 1.29 is 5.11 Å². The van der Waals surface area contributed by atoms with E-state index >= 15 is 0 Å². The van der Waals surface area contributed by atoms with Crippen LogP contribution in [0.5, 0.6) is 5.88 Å². The number of aromatic hydroxyl groups is 1. The molecule has 0 atom stereocenters. The van der Waals surface area contributed by atoms with Gasteiger partial charge in [0.1, 0.15) is 5.69 Å². The van der Waals surface area contributed by atoms with Gasteiger partial charge in [0, 0.05) is 43.5 Å². The SMILES string of the molecule is CN(C)c1ccc(-c2cn3c(O)c(-c4ccccc4)nc3c(Cc3ccccc3)n2)cc1. The monoisotopic (exact) mass is 420 g/mol.